The first-order valence-electron chi connectivity index (χ1n) is 6.98. The number of nitrogens with two attached hydrogens (primary N) is 1. The van der Waals surface area contributed by atoms with Gasteiger partial charge in [0.05, 0.1) is 4.90 Å². The van der Waals surface area contributed by atoms with Crippen molar-refractivity contribution in [3.63, 3.8) is 0 Å². The molecular weight excluding hydrogens is 420 g/mol. The van der Waals surface area contributed by atoms with Crippen LogP contribution in [0.3, 0.4) is 0 Å². The Balaban J connectivity index is 2.37. The van der Waals surface area contributed by atoms with Crippen molar-refractivity contribution < 1.29 is 8.42 Å². The van der Waals surface area contributed by atoms with Crippen molar-refractivity contribution in [2.24, 2.45) is 11.7 Å². The molecule has 0 amide bonds. The molecule has 0 aliphatic carbocycles. The fourth-order valence-electron chi connectivity index (χ4n) is 2.63. The van der Waals surface area contributed by atoms with Crippen LogP contribution in [-0.4, -0.2) is 31.9 Å². The minimum atomic E-state index is -3.50. The molecule has 0 aromatic heterocycles. The molecule has 1 aromatic carbocycles. The van der Waals surface area contributed by atoms with E-state index in [-0.39, 0.29) is 12.0 Å². The van der Waals surface area contributed by atoms with E-state index in [0.717, 1.165) is 16.5 Å². The van der Waals surface area contributed by atoms with Crippen molar-refractivity contribution >= 4 is 41.9 Å². The number of nitrogens with zero attached hydrogens (tertiary/aromatic N) is 1. The highest BCUT2D eigenvalue weighted by Crippen LogP contribution is 2.32. The first kappa shape index (κ1) is 17.4. The highest BCUT2D eigenvalue weighted by molar-refractivity contribution is 9.11. The fourth-order valence-corrected chi connectivity index (χ4v) is 5.78. The lowest BCUT2D eigenvalue weighted by Crippen LogP contribution is -2.48. The normalized spacial score (nSPS) is 24.2. The van der Waals surface area contributed by atoms with E-state index in [4.69, 9.17) is 5.73 Å². The van der Waals surface area contributed by atoms with E-state index in [1.807, 2.05) is 13.0 Å². The number of hydrogen-bond donors (Lipinski definition) is 1. The third-order valence-corrected chi connectivity index (χ3v) is 7.79. The molecular formula is C14H20Br2N2O2S. The standard InChI is InChI=1S/C14H20Br2N2O2S/c1-3-10-8-18(5-4-13(10)17)21(19,20)14-7-11(15)9(2)6-12(14)16/h6-7,10,13H,3-5,8,17H2,1-2H3. The molecule has 1 aliphatic heterocycles. The summed E-state index contributed by atoms with van der Waals surface area (Å²) in [5.41, 5.74) is 7.06. The second kappa shape index (κ2) is 6.66. The van der Waals surface area contributed by atoms with E-state index in [9.17, 15) is 8.42 Å². The van der Waals surface area contributed by atoms with Gasteiger partial charge in [0.1, 0.15) is 0 Å². The van der Waals surface area contributed by atoms with E-state index in [2.05, 4.69) is 38.8 Å². The molecule has 1 fully saturated rings. The van der Waals surface area contributed by atoms with Gasteiger partial charge in [-0.1, -0.05) is 29.3 Å². The quantitative estimate of drug-likeness (QED) is 0.785. The van der Waals surface area contributed by atoms with Gasteiger partial charge in [0.15, 0.2) is 0 Å². The van der Waals surface area contributed by atoms with Gasteiger partial charge in [-0.2, -0.15) is 4.31 Å². The summed E-state index contributed by atoms with van der Waals surface area (Å²) in [5.74, 6) is 0.223. The highest BCUT2D eigenvalue weighted by atomic mass is 79.9. The van der Waals surface area contributed by atoms with Crippen LogP contribution in [0.4, 0.5) is 0 Å². The Morgan fingerprint density at radius 2 is 2.00 bits per heavy atom. The average molecular weight is 440 g/mol. The number of rotatable bonds is 3. The molecule has 7 heteroatoms. The van der Waals surface area contributed by atoms with Gasteiger partial charge in [-0.15, -0.1) is 0 Å². The van der Waals surface area contributed by atoms with Crippen LogP contribution in [0.2, 0.25) is 0 Å². The van der Waals surface area contributed by atoms with E-state index in [0.29, 0.717) is 28.9 Å². The summed E-state index contributed by atoms with van der Waals surface area (Å²) >= 11 is 6.78. The van der Waals surface area contributed by atoms with Crippen molar-refractivity contribution in [1.29, 1.82) is 0 Å². The van der Waals surface area contributed by atoms with Crippen LogP contribution in [0.5, 0.6) is 0 Å². The number of sulfonamides is 1. The Hall–Kier alpha value is 0.0500. The van der Waals surface area contributed by atoms with E-state index < -0.39 is 10.0 Å². The zero-order valence-corrected chi connectivity index (χ0v) is 16.1. The average Bonchev–Trinajstić information content (AvgIpc) is 2.43. The SMILES string of the molecule is CCC1CN(S(=O)(=O)c2cc(Br)c(C)cc2Br)CCC1N. The van der Waals surface area contributed by atoms with Crippen molar-refractivity contribution in [3.05, 3.63) is 26.6 Å². The van der Waals surface area contributed by atoms with E-state index in [1.54, 1.807) is 10.4 Å². The number of hydrogen-bond acceptors (Lipinski definition) is 3. The zero-order valence-electron chi connectivity index (χ0n) is 12.1. The molecule has 1 saturated heterocycles. The number of benzene rings is 1. The van der Waals surface area contributed by atoms with Crippen molar-refractivity contribution in [2.75, 3.05) is 13.1 Å². The summed E-state index contributed by atoms with van der Waals surface area (Å²) in [6.07, 6.45) is 1.61. The van der Waals surface area contributed by atoms with Gasteiger partial charge < -0.3 is 5.73 Å². The Morgan fingerprint density at radius 1 is 1.33 bits per heavy atom. The maximum absolute atomic E-state index is 12.9. The first-order chi connectivity index (χ1) is 9.77. The summed E-state index contributed by atoms with van der Waals surface area (Å²) in [7, 11) is -3.50. The second-order valence-electron chi connectivity index (χ2n) is 5.52. The maximum Gasteiger partial charge on any atom is 0.244 e. The first-order valence-corrected chi connectivity index (χ1v) is 10.0. The van der Waals surface area contributed by atoms with E-state index in [1.165, 1.54) is 0 Å². The second-order valence-corrected chi connectivity index (χ2v) is 9.13. The maximum atomic E-state index is 12.9. The van der Waals surface area contributed by atoms with Gasteiger partial charge in [-0.3, -0.25) is 0 Å². The number of aryl methyl sites for hydroxylation is 1. The molecule has 0 spiro atoms. The lowest BCUT2D eigenvalue weighted by Gasteiger charge is -2.35. The molecule has 4 nitrogen and oxygen atoms in total. The van der Waals surface area contributed by atoms with Crippen LogP contribution in [0.1, 0.15) is 25.3 Å². The Bertz CT molecular complexity index is 634. The molecule has 1 heterocycles. The molecule has 118 valence electrons. The van der Waals surface area contributed by atoms with Crippen LogP contribution < -0.4 is 5.73 Å². The Labute approximate surface area is 143 Å². The zero-order chi connectivity index (χ0) is 15.8. The van der Waals surface area contributed by atoms with Crippen molar-refractivity contribution in [3.8, 4) is 0 Å². The summed E-state index contributed by atoms with van der Waals surface area (Å²) in [4.78, 5) is 0.310. The lowest BCUT2D eigenvalue weighted by atomic mass is 9.92. The molecule has 2 N–H and O–H groups in total. The number of halogens is 2. The largest absolute Gasteiger partial charge is 0.327 e. The molecule has 1 aromatic rings. The molecule has 2 atom stereocenters. The topological polar surface area (TPSA) is 63.4 Å². The van der Waals surface area contributed by atoms with Gasteiger partial charge in [0, 0.05) is 28.1 Å². The minimum Gasteiger partial charge on any atom is -0.327 e. The van der Waals surface area contributed by atoms with Crippen LogP contribution >= 0.6 is 31.9 Å². The van der Waals surface area contributed by atoms with Crippen LogP contribution in [0.15, 0.2) is 26.0 Å². The summed E-state index contributed by atoms with van der Waals surface area (Å²) in [6.45, 7) is 4.97. The summed E-state index contributed by atoms with van der Waals surface area (Å²) in [6, 6.07) is 3.59. The minimum absolute atomic E-state index is 0.0923. The monoisotopic (exact) mass is 438 g/mol. The van der Waals surface area contributed by atoms with Crippen molar-refractivity contribution in [2.45, 2.75) is 37.6 Å². The Morgan fingerprint density at radius 3 is 2.62 bits per heavy atom. The Kier molecular flexibility index (Phi) is 5.52. The smallest absolute Gasteiger partial charge is 0.244 e. The predicted octanol–water partition coefficient (Wildman–Crippen LogP) is 3.27. The third-order valence-electron chi connectivity index (χ3n) is 4.11. The fraction of sp³-hybridized carbons (Fsp3) is 0.571. The highest BCUT2D eigenvalue weighted by Gasteiger charge is 2.34. The van der Waals surface area contributed by atoms with Gasteiger partial charge in [0.25, 0.3) is 0 Å². The van der Waals surface area contributed by atoms with Gasteiger partial charge in [0.2, 0.25) is 10.0 Å². The third kappa shape index (κ3) is 3.52. The van der Waals surface area contributed by atoms with Gasteiger partial charge in [-0.25, -0.2) is 8.42 Å². The van der Waals surface area contributed by atoms with Gasteiger partial charge >= 0.3 is 0 Å². The van der Waals surface area contributed by atoms with Crippen molar-refractivity contribution in [1.82, 2.24) is 4.31 Å². The molecule has 0 saturated carbocycles. The lowest BCUT2D eigenvalue weighted by molar-refractivity contribution is 0.230. The summed E-state index contributed by atoms with van der Waals surface area (Å²) in [5, 5.41) is 0. The molecule has 21 heavy (non-hydrogen) atoms. The predicted molar refractivity (Wildman–Crippen MR) is 91.7 cm³/mol. The van der Waals surface area contributed by atoms with E-state index >= 15 is 0 Å². The molecule has 2 unspecified atom stereocenters. The molecule has 2 rings (SSSR count). The van der Waals surface area contributed by atoms with Gasteiger partial charge in [-0.05, 0) is 52.9 Å². The molecule has 1 aliphatic rings. The number of piperidine rings is 1. The molecule has 0 bridgehead atoms. The molecule has 0 radical (unpaired) electrons. The van der Waals surface area contributed by atoms with Crippen LogP contribution in [0.25, 0.3) is 0 Å². The summed E-state index contributed by atoms with van der Waals surface area (Å²) < 4.78 is 28.7. The van der Waals surface area contributed by atoms with Crippen LogP contribution in [-0.2, 0) is 10.0 Å². The van der Waals surface area contributed by atoms with Crippen LogP contribution in [0, 0.1) is 12.8 Å².